The number of piperazine rings is 1. The predicted molar refractivity (Wildman–Crippen MR) is 172 cm³/mol. The van der Waals surface area contributed by atoms with Gasteiger partial charge in [-0.25, -0.2) is 19.8 Å². The fourth-order valence-corrected chi connectivity index (χ4v) is 5.39. The number of hydrogen-bond acceptors (Lipinski definition) is 6. The van der Waals surface area contributed by atoms with Crippen LogP contribution >= 0.6 is 0 Å². The average Bonchev–Trinajstić information content (AvgIpc) is 3.00. The number of rotatable bonds is 11. The van der Waals surface area contributed by atoms with E-state index in [2.05, 4.69) is 30.0 Å². The number of nitrogens with two attached hydrogens (primary N) is 1. The zero-order valence-corrected chi connectivity index (χ0v) is 25.5. The zero-order chi connectivity index (χ0) is 31.8. The van der Waals surface area contributed by atoms with E-state index in [0.717, 1.165) is 16.7 Å². The molecule has 1 aromatic carbocycles. The van der Waals surface area contributed by atoms with Crippen molar-refractivity contribution in [1.82, 2.24) is 30.1 Å². The molecule has 230 valence electrons. The van der Waals surface area contributed by atoms with Crippen LogP contribution in [0.5, 0.6) is 0 Å². The van der Waals surface area contributed by atoms with Crippen molar-refractivity contribution in [3.63, 3.8) is 0 Å². The number of carbonyl (C=O) groups excluding carboxylic acids is 3. The Hall–Kier alpha value is -4.96. The van der Waals surface area contributed by atoms with Gasteiger partial charge in [0.2, 0.25) is 11.8 Å². The lowest BCUT2D eigenvalue weighted by atomic mass is 9.97. The summed E-state index contributed by atoms with van der Waals surface area (Å²) in [5.41, 5.74) is 10.0. The molecule has 2 aliphatic heterocycles. The molecule has 2 saturated heterocycles. The third-order valence-electron chi connectivity index (χ3n) is 7.53. The molecular formula is C34H41N7O3. The van der Waals surface area contributed by atoms with E-state index in [9.17, 15) is 14.4 Å². The summed E-state index contributed by atoms with van der Waals surface area (Å²) in [7, 11) is 0. The van der Waals surface area contributed by atoms with E-state index >= 15 is 0 Å². The number of benzene rings is 1. The summed E-state index contributed by atoms with van der Waals surface area (Å²) in [6.45, 7) is 16.1. The molecule has 0 spiro atoms. The smallest absolute Gasteiger partial charge is 0.334 e. The number of hydrazine groups is 1. The van der Waals surface area contributed by atoms with Crippen molar-refractivity contribution in [2.45, 2.75) is 45.6 Å². The number of allylic oxidation sites excluding steroid dienone is 4. The standard InChI is InChI=1S/C34H41N7O3/c1-6-18-39-23-32(42)40-30(19-26(7-2)17-16-24(3)4)33(43)38(21-28-14-11-15-29(37-28)25(5)35)22-31(40)41(39)34(44)36-20-27-12-9-8-10-13-27/h6-17,30-31H,1,3,5,18-23,35H2,2,4H3,(H,36,44)/b17-16-,26-7+/t30-,31-/m0/s1. The molecule has 10 nitrogen and oxygen atoms in total. The number of hydrogen-bond donors (Lipinski definition) is 2. The summed E-state index contributed by atoms with van der Waals surface area (Å²) in [6.07, 6.45) is 6.86. The van der Waals surface area contributed by atoms with Crippen molar-refractivity contribution < 1.29 is 14.4 Å². The number of fused-ring (bicyclic) bond motifs is 1. The molecule has 0 radical (unpaired) electrons. The molecule has 4 rings (SSSR count). The third-order valence-corrected chi connectivity index (χ3v) is 7.53. The lowest BCUT2D eigenvalue weighted by Gasteiger charge is -2.55. The average molecular weight is 596 g/mol. The topological polar surface area (TPSA) is 115 Å². The van der Waals surface area contributed by atoms with Gasteiger partial charge in [-0.05, 0) is 37.1 Å². The van der Waals surface area contributed by atoms with Gasteiger partial charge in [-0.15, -0.1) is 6.58 Å². The first-order valence-corrected chi connectivity index (χ1v) is 14.6. The van der Waals surface area contributed by atoms with Crippen LogP contribution in [0.1, 0.15) is 37.2 Å². The molecule has 0 saturated carbocycles. The second-order valence-electron chi connectivity index (χ2n) is 10.9. The first-order valence-electron chi connectivity index (χ1n) is 14.6. The first-order chi connectivity index (χ1) is 21.1. The van der Waals surface area contributed by atoms with Crippen LogP contribution in [0.2, 0.25) is 0 Å². The zero-order valence-electron chi connectivity index (χ0n) is 25.5. The molecule has 4 amide bonds. The van der Waals surface area contributed by atoms with Crippen molar-refractivity contribution in [1.29, 1.82) is 0 Å². The molecule has 10 heteroatoms. The number of urea groups is 1. The minimum absolute atomic E-state index is 0.0694. The number of aromatic nitrogens is 1. The molecule has 2 aromatic rings. The molecule has 3 N–H and O–H groups in total. The Bertz CT molecular complexity index is 1480. The first kappa shape index (κ1) is 32.0. The maximum Gasteiger partial charge on any atom is 0.334 e. The minimum Gasteiger partial charge on any atom is -0.397 e. The van der Waals surface area contributed by atoms with E-state index in [4.69, 9.17) is 5.73 Å². The van der Waals surface area contributed by atoms with Gasteiger partial charge in [-0.3, -0.25) is 9.59 Å². The molecule has 44 heavy (non-hydrogen) atoms. The summed E-state index contributed by atoms with van der Waals surface area (Å²) >= 11 is 0. The van der Waals surface area contributed by atoms with E-state index in [-0.39, 0.29) is 50.4 Å². The van der Waals surface area contributed by atoms with Crippen LogP contribution in [0.25, 0.3) is 5.70 Å². The Balaban J connectivity index is 1.72. The third kappa shape index (κ3) is 7.51. The van der Waals surface area contributed by atoms with Gasteiger partial charge in [0.15, 0.2) is 0 Å². The molecule has 2 fully saturated rings. The second-order valence-corrected chi connectivity index (χ2v) is 10.9. The number of carbonyl (C=O) groups is 3. The van der Waals surface area contributed by atoms with E-state index in [0.29, 0.717) is 23.6 Å². The van der Waals surface area contributed by atoms with Gasteiger partial charge in [0, 0.05) is 19.5 Å². The number of pyridine rings is 1. The monoisotopic (exact) mass is 595 g/mol. The summed E-state index contributed by atoms with van der Waals surface area (Å²) in [6, 6.07) is 13.8. The minimum atomic E-state index is -0.842. The second kappa shape index (κ2) is 14.5. The Morgan fingerprint density at radius 2 is 1.86 bits per heavy atom. The van der Waals surface area contributed by atoms with E-state index in [1.165, 1.54) is 0 Å². The van der Waals surface area contributed by atoms with Gasteiger partial charge >= 0.3 is 6.03 Å². The normalized spacial score (nSPS) is 19.2. The van der Waals surface area contributed by atoms with Gasteiger partial charge in [-0.2, -0.15) is 0 Å². The van der Waals surface area contributed by atoms with Crippen LogP contribution in [0.15, 0.2) is 104 Å². The van der Waals surface area contributed by atoms with Crippen molar-refractivity contribution >= 4 is 23.5 Å². The summed E-state index contributed by atoms with van der Waals surface area (Å²) in [4.78, 5) is 49.6. The number of nitrogens with one attached hydrogen (secondary N) is 1. The van der Waals surface area contributed by atoms with E-state index in [1.807, 2.05) is 74.5 Å². The van der Waals surface area contributed by atoms with Gasteiger partial charge in [0.1, 0.15) is 12.2 Å². The molecule has 0 bridgehead atoms. The van der Waals surface area contributed by atoms with Gasteiger partial charge < -0.3 is 20.9 Å². The van der Waals surface area contributed by atoms with Crippen LogP contribution < -0.4 is 11.1 Å². The number of amides is 4. The molecule has 1 aromatic heterocycles. The van der Waals surface area contributed by atoms with Crippen LogP contribution in [0.4, 0.5) is 4.79 Å². The van der Waals surface area contributed by atoms with Crippen LogP contribution in [-0.4, -0.2) is 74.5 Å². The highest BCUT2D eigenvalue weighted by Gasteiger charge is 2.51. The summed E-state index contributed by atoms with van der Waals surface area (Å²) in [5, 5.41) is 6.24. The Labute approximate surface area is 259 Å². The highest BCUT2D eigenvalue weighted by molar-refractivity contribution is 5.91. The highest BCUT2D eigenvalue weighted by atomic mass is 16.2. The van der Waals surface area contributed by atoms with Crippen molar-refractivity contribution in [2.75, 3.05) is 19.6 Å². The Morgan fingerprint density at radius 3 is 2.52 bits per heavy atom. The van der Waals surface area contributed by atoms with E-state index < -0.39 is 12.2 Å². The van der Waals surface area contributed by atoms with Crippen LogP contribution in [0, 0.1) is 0 Å². The summed E-state index contributed by atoms with van der Waals surface area (Å²) < 4.78 is 0. The molecule has 3 heterocycles. The van der Waals surface area contributed by atoms with Gasteiger partial charge in [0.25, 0.3) is 0 Å². The maximum atomic E-state index is 14.2. The molecule has 0 unspecified atom stereocenters. The molecular weight excluding hydrogens is 554 g/mol. The van der Waals surface area contributed by atoms with Gasteiger partial charge in [0.05, 0.1) is 36.7 Å². The molecule has 0 aliphatic carbocycles. The van der Waals surface area contributed by atoms with E-state index in [1.54, 1.807) is 32.0 Å². The fourth-order valence-electron chi connectivity index (χ4n) is 5.39. The lowest BCUT2D eigenvalue weighted by molar-refractivity contribution is -0.189. The Morgan fingerprint density at radius 1 is 1.11 bits per heavy atom. The van der Waals surface area contributed by atoms with Crippen LogP contribution in [-0.2, 0) is 22.7 Å². The quantitative estimate of drug-likeness (QED) is 0.300. The van der Waals surface area contributed by atoms with Crippen molar-refractivity contribution in [3.8, 4) is 0 Å². The number of nitrogens with zero attached hydrogens (tertiary/aromatic N) is 5. The van der Waals surface area contributed by atoms with Crippen LogP contribution in [0.3, 0.4) is 0 Å². The SMILES string of the molecule is C=CCN1CC(=O)N2[C@@H](CC(/C=C\C(=C)C)=C/C)C(=O)N(Cc3cccc(C(=C)N)n3)C[C@@H]2N1C(=O)NCc1ccccc1. The molecule has 2 atom stereocenters. The summed E-state index contributed by atoms with van der Waals surface area (Å²) in [5.74, 6) is -0.459. The molecule has 2 aliphatic rings. The fraction of sp³-hybridized carbons (Fsp3) is 0.294. The largest absolute Gasteiger partial charge is 0.397 e. The highest BCUT2D eigenvalue weighted by Crippen LogP contribution is 2.30. The predicted octanol–water partition coefficient (Wildman–Crippen LogP) is 3.97. The van der Waals surface area contributed by atoms with Crippen molar-refractivity contribution in [3.05, 3.63) is 121 Å². The maximum absolute atomic E-state index is 14.2. The lowest BCUT2D eigenvalue weighted by Crippen LogP contribution is -2.76. The van der Waals surface area contributed by atoms with Crippen molar-refractivity contribution in [2.24, 2.45) is 5.73 Å². The van der Waals surface area contributed by atoms with Gasteiger partial charge in [-0.1, -0.05) is 79.4 Å². The Kier molecular flexibility index (Phi) is 10.5.